The number of amides is 1. The molecule has 0 aliphatic carbocycles. The molecular formula is C11H19N3O2. The van der Waals surface area contributed by atoms with E-state index in [-0.39, 0.29) is 11.9 Å². The second-order valence-electron chi connectivity index (χ2n) is 4.05. The first kappa shape index (κ1) is 12.7. The maximum Gasteiger partial charge on any atom is 0.224 e. The number of hydrogen-bond acceptors (Lipinski definition) is 4. The van der Waals surface area contributed by atoms with Crippen LogP contribution in [0.25, 0.3) is 0 Å². The number of aryl methyl sites for hydroxylation is 1. The van der Waals surface area contributed by atoms with Crippen LogP contribution in [0.15, 0.2) is 10.6 Å². The minimum atomic E-state index is -0.0611. The molecule has 0 radical (unpaired) electrons. The lowest BCUT2D eigenvalue weighted by Crippen LogP contribution is -2.32. The van der Waals surface area contributed by atoms with Crippen molar-refractivity contribution in [3.63, 3.8) is 0 Å². The van der Waals surface area contributed by atoms with Crippen molar-refractivity contribution >= 4 is 5.91 Å². The van der Waals surface area contributed by atoms with Gasteiger partial charge in [0.25, 0.3) is 0 Å². The quantitative estimate of drug-likeness (QED) is 0.813. The number of hydrogen-bond donors (Lipinski definition) is 1. The minimum Gasteiger partial charge on any atom is -0.361 e. The van der Waals surface area contributed by atoms with Crippen molar-refractivity contribution in [3.8, 4) is 0 Å². The molecule has 0 saturated heterocycles. The molecule has 0 spiro atoms. The second-order valence-corrected chi connectivity index (χ2v) is 4.05. The third kappa shape index (κ3) is 3.66. The van der Waals surface area contributed by atoms with Gasteiger partial charge in [-0.3, -0.25) is 4.79 Å². The van der Waals surface area contributed by atoms with Crippen LogP contribution >= 0.6 is 0 Å². The van der Waals surface area contributed by atoms with Gasteiger partial charge in [0.2, 0.25) is 5.91 Å². The summed E-state index contributed by atoms with van der Waals surface area (Å²) >= 11 is 0. The lowest BCUT2D eigenvalue weighted by molar-refractivity contribution is -0.130. The molecule has 0 aliphatic rings. The van der Waals surface area contributed by atoms with Crippen LogP contribution in [0.3, 0.4) is 0 Å². The molecule has 0 fully saturated rings. The summed E-state index contributed by atoms with van der Waals surface area (Å²) in [6.07, 6.45) is 1.19. The average molecular weight is 225 g/mol. The van der Waals surface area contributed by atoms with Gasteiger partial charge in [-0.25, -0.2) is 0 Å². The summed E-state index contributed by atoms with van der Waals surface area (Å²) in [7, 11) is 1.74. The molecule has 1 heterocycles. The largest absolute Gasteiger partial charge is 0.361 e. The summed E-state index contributed by atoms with van der Waals surface area (Å²) in [4.78, 5) is 13.3. The maximum absolute atomic E-state index is 11.7. The van der Waals surface area contributed by atoms with Crippen molar-refractivity contribution in [1.29, 1.82) is 0 Å². The monoisotopic (exact) mass is 225 g/mol. The van der Waals surface area contributed by atoms with E-state index in [1.54, 1.807) is 11.9 Å². The molecular weight excluding hydrogens is 206 g/mol. The first-order chi connectivity index (χ1) is 7.52. The van der Waals surface area contributed by atoms with E-state index in [4.69, 9.17) is 10.3 Å². The topological polar surface area (TPSA) is 72.4 Å². The van der Waals surface area contributed by atoms with Crippen LogP contribution in [0.4, 0.5) is 0 Å². The Balaban J connectivity index is 2.45. The molecule has 5 nitrogen and oxygen atoms in total. The molecule has 90 valence electrons. The smallest absolute Gasteiger partial charge is 0.224 e. The molecule has 1 amide bonds. The van der Waals surface area contributed by atoms with E-state index in [9.17, 15) is 4.79 Å². The summed E-state index contributed by atoms with van der Waals surface area (Å²) in [5.41, 5.74) is 6.49. The molecule has 1 aromatic rings. The van der Waals surface area contributed by atoms with E-state index in [2.05, 4.69) is 5.16 Å². The van der Waals surface area contributed by atoms with Crippen LogP contribution in [0.1, 0.15) is 31.2 Å². The van der Waals surface area contributed by atoms with Crippen molar-refractivity contribution in [2.75, 3.05) is 7.05 Å². The van der Waals surface area contributed by atoms with Crippen LogP contribution in [-0.4, -0.2) is 29.1 Å². The highest BCUT2D eigenvalue weighted by atomic mass is 16.5. The van der Waals surface area contributed by atoms with E-state index >= 15 is 0 Å². The molecule has 0 saturated carbocycles. The Bertz CT molecular complexity index is 349. The van der Waals surface area contributed by atoms with Crippen LogP contribution in [0.2, 0.25) is 0 Å². The summed E-state index contributed by atoms with van der Waals surface area (Å²) in [6.45, 7) is 4.26. The highest BCUT2D eigenvalue weighted by Crippen LogP contribution is 2.06. The number of nitrogens with two attached hydrogens (primary N) is 1. The molecule has 5 heteroatoms. The number of carbonyl (C=O) groups excluding carboxylic acids is 1. The zero-order chi connectivity index (χ0) is 12.1. The van der Waals surface area contributed by atoms with Gasteiger partial charge in [0.1, 0.15) is 11.5 Å². The Kier molecular flexibility index (Phi) is 4.49. The Morgan fingerprint density at radius 3 is 2.88 bits per heavy atom. The van der Waals surface area contributed by atoms with E-state index in [1.807, 2.05) is 19.9 Å². The first-order valence-corrected chi connectivity index (χ1v) is 5.44. The van der Waals surface area contributed by atoms with Gasteiger partial charge < -0.3 is 15.2 Å². The highest BCUT2D eigenvalue weighted by Gasteiger charge is 2.14. The summed E-state index contributed by atoms with van der Waals surface area (Å²) in [5, 5.41) is 3.84. The number of carbonyl (C=O) groups is 1. The third-order valence-corrected chi connectivity index (χ3v) is 2.46. The lowest BCUT2D eigenvalue weighted by Gasteiger charge is -2.17. The van der Waals surface area contributed by atoms with Crippen molar-refractivity contribution in [3.05, 3.63) is 17.5 Å². The molecule has 1 aromatic heterocycles. The predicted octanol–water partition coefficient (Wildman–Crippen LogP) is 1.07. The Hall–Kier alpha value is -1.36. The lowest BCUT2D eigenvalue weighted by atomic mass is 10.1. The Morgan fingerprint density at radius 1 is 1.69 bits per heavy atom. The maximum atomic E-state index is 11.7. The molecule has 0 aromatic carbocycles. The van der Waals surface area contributed by atoms with Crippen LogP contribution < -0.4 is 5.73 Å². The minimum absolute atomic E-state index is 0.0370. The number of nitrogens with zero attached hydrogens (tertiary/aromatic N) is 2. The Morgan fingerprint density at radius 2 is 2.38 bits per heavy atom. The van der Waals surface area contributed by atoms with Crippen molar-refractivity contribution in [1.82, 2.24) is 10.1 Å². The number of rotatable bonds is 5. The summed E-state index contributed by atoms with van der Waals surface area (Å²) in [6, 6.07) is 1.76. The second kappa shape index (κ2) is 5.65. The van der Waals surface area contributed by atoms with Gasteiger partial charge in [-0.05, 0) is 13.3 Å². The van der Waals surface area contributed by atoms with Gasteiger partial charge in [-0.15, -0.1) is 0 Å². The van der Waals surface area contributed by atoms with Crippen LogP contribution in [0, 0.1) is 6.92 Å². The fourth-order valence-corrected chi connectivity index (χ4v) is 1.35. The van der Waals surface area contributed by atoms with Gasteiger partial charge in [-0.1, -0.05) is 12.1 Å². The van der Waals surface area contributed by atoms with Crippen LogP contribution in [0.5, 0.6) is 0 Å². The zero-order valence-electron chi connectivity index (χ0n) is 10.1. The zero-order valence-corrected chi connectivity index (χ0v) is 10.1. The molecule has 1 atom stereocenters. The molecule has 1 rings (SSSR count). The van der Waals surface area contributed by atoms with E-state index in [0.717, 1.165) is 17.9 Å². The van der Waals surface area contributed by atoms with Crippen LogP contribution in [-0.2, 0) is 11.3 Å². The number of aromatic nitrogens is 1. The SMILES string of the molecule is CCC(N)CC(=O)N(C)Cc1cc(C)on1. The standard InChI is InChI=1S/C11H19N3O2/c1-4-9(12)6-11(15)14(3)7-10-5-8(2)16-13-10/h5,9H,4,6-7,12H2,1-3H3. The van der Waals surface area contributed by atoms with Gasteiger partial charge in [-0.2, -0.15) is 0 Å². The van der Waals surface area contributed by atoms with Gasteiger partial charge in [0.15, 0.2) is 0 Å². The first-order valence-electron chi connectivity index (χ1n) is 5.44. The van der Waals surface area contributed by atoms with E-state index in [1.165, 1.54) is 0 Å². The van der Waals surface area contributed by atoms with Crippen molar-refractivity contribution in [2.45, 2.75) is 39.3 Å². The molecule has 2 N–H and O–H groups in total. The van der Waals surface area contributed by atoms with Gasteiger partial charge in [0.05, 0.1) is 6.54 Å². The van der Waals surface area contributed by atoms with Crippen molar-refractivity contribution in [2.24, 2.45) is 5.73 Å². The highest BCUT2D eigenvalue weighted by molar-refractivity contribution is 5.76. The Labute approximate surface area is 95.6 Å². The average Bonchev–Trinajstić information content (AvgIpc) is 2.63. The fraction of sp³-hybridized carbons (Fsp3) is 0.636. The van der Waals surface area contributed by atoms with E-state index in [0.29, 0.717) is 13.0 Å². The summed E-state index contributed by atoms with van der Waals surface area (Å²) in [5.74, 6) is 0.788. The van der Waals surface area contributed by atoms with Gasteiger partial charge >= 0.3 is 0 Å². The van der Waals surface area contributed by atoms with E-state index < -0.39 is 0 Å². The normalized spacial score (nSPS) is 12.5. The fourth-order valence-electron chi connectivity index (χ4n) is 1.35. The third-order valence-electron chi connectivity index (χ3n) is 2.46. The summed E-state index contributed by atoms with van der Waals surface area (Å²) < 4.78 is 4.93. The van der Waals surface area contributed by atoms with Crippen molar-refractivity contribution < 1.29 is 9.32 Å². The molecule has 16 heavy (non-hydrogen) atoms. The van der Waals surface area contributed by atoms with Gasteiger partial charge in [0, 0.05) is 25.6 Å². The predicted molar refractivity (Wildman–Crippen MR) is 60.6 cm³/mol. The molecule has 1 unspecified atom stereocenters. The molecule has 0 aliphatic heterocycles. The molecule has 0 bridgehead atoms.